The molecule has 3 nitrogen and oxygen atoms in total. The number of halogens is 2. The summed E-state index contributed by atoms with van der Waals surface area (Å²) in [6.07, 6.45) is 6.09. The molecule has 0 amide bonds. The van der Waals surface area contributed by atoms with Crippen molar-refractivity contribution in [3.8, 4) is 0 Å². The van der Waals surface area contributed by atoms with E-state index in [0.29, 0.717) is 15.9 Å². The van der Waals surface area contributed by atoms with E-state index in [2.05, 4.69) is 34.8 Å². The minimum atomic E-state index is -0.305. The van der Waals surface area contributed by atoms with Gasteiger partial charge in [-0.3, -0.25) is 0 Å². The van der Waals surface area contributed by atoms with Crippen LogP contribution in [0.15, 0.2) is 16.6 Å². The van der Waals surface area contributed by atoms with Gasteiger partial charge in [-0.2, -0.15) is 0 Å². The summed E-state index contributed by atoms with van der Waals surface area (Å²) in [5, 5.41) is 0. The highest BCUT2D eigenvalue weighted by Crippen LogP contribution is 2.25. The number of rotatable bonds is 7. The lowest BCUT2D eigenvalue weighted by atomic mass is 10.0. The molecule has 0 aliphatic rings. The molecule has 5 heteroatoms. The molecular weight excluding hydrogens is 333 g/mol. The monoisotopic (exact) mass is 355 g/mol. The molecule has 0 unspecified atom stereocenters. The van der Waals surface area contributed by atoms with Crippen molar-refractivity contribution in [2.45, 2.75) is 52.5 Å². The van der Waals surface area contributed by atoms with Gasteiger partial charge in [-0.05, 0) is 34.3 Å². The van der Waals surface area contributed by atoms with Gasteiger partial charge in [0, 0.05) is 12.6 Å². The first-order valence-corrected chi connectivity index (χ1v) is 8.39. The normalized spacial score (nSPS) is 11.7. The molecule has 0 spiro atoms. The third-order valence-corrected chi connectivity index (χ3v) is 4.34. The second-order valence-corrected chi connectivity index (χ2v) is 6.83. The maximum absolute atomic E-state index is 13.5. The highest BCUT2D eigenvalue weighted by molar-refractivity contribution is 9.10. The number of hydrogen-bond acceptors (Lipinski definition) is 2. The van der Waals surface area contributed by atoms with Crippen LogP contribution in [0.4, 0.5) is 10.3 Å². The van der Waals surface area contributed by atoms with Crippen molar-refractivity contribution >= 4 is 32.9 Å². The van der Waals surface area contributed by atoms with E-state index in [-0.39, 0.29) is 5.82 Å². The quantitative estimate of drug-likeness (QED) is 0.699. The van der Waals surface area contributed by atoms with Gasteiger partial charge in [0.25, 0.3) is 0 Å². The van der Waals surface area contributed by atoms with Crippen molar-refractivity contribution in [1.29, 1.82) is 0 Å². The van der Waals surface area contributed by atoms with E-state index in [1.807, 2.05) is 4.57 Å². The smallest absolute Gasteiger partial charge is 0.201 e. The Balaban J connectivity index is 1.95. The summed E-state index contributed by atoms with van der Waals surface area (Å²) in [7, 11) is 0. The zero-order valence-corrected chi connectivity index (χ0v) is 14.3. The van der Waals surface area contributed by atoms with Crippen LogP contribution in [-0.4, -0.2) is 9.55 Å². The lowest BCUT2D eigenvalue weighted by molar-refractivity contribution is 0.508. The van der Waals surface area contributed by atoms with Crippen molar-refractivity contribution in [1.82, 2.24) is 9.55 Å². The van der Waals surface area contributed by atoms with Gasteiger partial charge in [0.2, 0.25) is 5.95 Å². The van der Waals surface area contributed by atoms with Gasteiger partial charge in [-0.25, -0.2) is 9.37 Å². The topological polar surface area (TPSA) is 43.8 Å². The fraction of sp³-hybridized carbons (Fsp3) is 0.562. The molecule has 116 valence electrons. The second kappa shape index (κ2) is 7.25. The van der Waals surface area contributed by atoms with Gasteiger partial charge in [-0.1, -0.05) is 39.5 Å². The maximum atomic E-state index is 13.5. The number of aromatic nitrogens is 2. The molecule has 0 fully saturated rings. The maximum Gasteiger partial charge on any atom is 0.201 e. The predicted molar refractivity (Wildman–Crippen MR) is 89.7 cm³/mol. The summed E-state index contributed by atoms with van der Waals surface area (Å²) >= 11 is 3.22. The van der Waals surface area contributed by atoms with E-state index >= 15 is 0 Å². The van der Waals surface area contributed by atoms with Gasteiger partial charge in [0.15, 0.2) is 0 Å². The molecule has 0 atom stereocenters. The molecule has 21 heavy (non-hydrogen) atoms. The Hall–Kier alpha value is -1.10. The van der Waals surface area contributed by atoms with Crippen LogP contribution < -0.4 is 5.73 Å². The van der Waals surface area contributed by atoms with Crippen LogP contribution in [0.5, 0.6) is 0 Å². The number of nitrogens with two attached hydrogens (primary N) is 1. The fourth-order valence-electron chi connectivity index (χ4n) is 2.55. The molecule has 1 aromatic carbocycles. The van der Waals surface area contributed by atoms with Crippen LogP contribution in [0.25, 0.3) is 11.0 Å². The van der Waals surface area contributed by atoms with Gasteiger partial charge < -0.3 is 10.3 Å². The standard InChI is InChI=1S/C16H23BrFN3/c1-11(2)7-5-3-4-6-8-21-15-9-12(17)13(18)10-14(15)20-16(21)19/h9-11H,3-8H2,1-2H3,(H2,19,20). The molecule has 1 aromatic heterocycles. The Labute approximate surface area is 133 Å². The SMILES string of the molecule is CC(C)CCCCCCn1c(N)nc2cc(F)c(Br)cc21. The zero-order chi connectivity index (χ0) is 15.4. The predicted octanol–water partition coefficient (Wildman–Crippen LogP) is 5.13. The van der Waals surface area contributed by atoms with Gasteiger partial charge in [-0.15, -0.1) is 0 Å². The number of nitrogens with zero attached hydrogens (tertiary/aromatic N) is 2. The van der Waals surface area contributed by atoms with Crippen molar-refractivity contribution in [3.63, 3.8) is 0 Å². The molecule has 2 rings (SSSR count). The third-order valence-electron chi connectivity index (χ3n) is 3.73. The molecule has 0 aliphatic carbocycles. The highest BCUT2D eigenvalue weighted by atomic mass is 79.9. The van der Waals surface area contributed by atoms with E-state index in [0.717, 1.165) is 24.4 Å². The van der Waals surface area contributed by atoms with E-state index < -0.39 is 0 Å². The van der Waals surface area contributed by atoms with Crippen molar-refractivity contribution < 1.29 is 4.39 Å². The Kier molecular flexibility index (Phi) is 5.62. The van der Waals surface area contributed by atoms with E-state index in [4.69, 9.17) is 5.73 Å². The number of benzene rings is 1. The summed E-state index contributed by atoms with van der Waals surface area (Å²) in [6.45, 7) is 5.35. The Bertz CT molecular complexity index is 607. The van der Waals surface area contributed by atoms with Crippen LogP contribution in [0.2, 0.25) is 0 Å². The van der Waals surface area contributed by atoms with Crippen molar-refractivity contribution in [2.75, 3.05) is 5.73 Å². The first kappa shape index (κ1) is 16.3. The first-order chi connectivity index (χ1) is 9.99. The average Bonchev–Trinajstić information content (AvgIpc) is 2.70. The summed E-state index contributed by atoms with van der Waals surface area (Å²) in [5.41, 5.74) is 7.46. The molecule has 0 bridgehead atoms. The van der Waals surface area contributed by atoms with Crippen LogP contribution >= 0.6 is 15.9 Å². The van der Waals surface area contributed by atoms with E-state index in [9.17, 15) is 4.39 Å². The molecule has 2 aromatic rings. The van der Waals surface area contributed by atoms with Crippen LogP contribution in [0, 0.1) is 11.7 Å². The first-order valence-electron chi connectivity index (χ1n) is 7.59. The Morgan fingerprint density at radius 1 is 1.24 bits per heavy atom. The average molecular weight is 356 g/mol. The summed E-state index contributed by atoms with van der Waals surface area (Å²) in [4.78, 5) is 4.23. The summed E-state index contributed by atoms with van der Waals surface area (Å²) in [5.74, 6) is 0.941. The number of unbranched alkanes of at least 4 members (excludes halogenated alkanes) is 3. The highest BCUT2D eigenvalue weighted by Gasteiger charge is 2.11. The Morgan fingerprint density at radius 3 is 2.67 bits per heavy atom. The second-order valence-electron chi connectivity index (χ2n) is 5.97. The molecule has 0 saturated heterocycles. The molecule has 1 heterocycles. The largest absolute Gasteiger partial charge is 0.369 e. The minimum Gasteiger partial charge on any atom is -0.369 e. The molecule has 0 saturated carbocycles. The number of imidazole rings is 1. The number of hydrogen-bond donors (Lipinski definition) is 1. The molecule has 0 radical (unpaired) electrons. The van der Waals surface area contributed by atoms with Crippen molar-refractivity contribution in [2.24, 2.45) is 5.92 Å². The van der Waals surface area contributed by atoms with E-state index in [1.54, 1.807) is 6.07 Å². The lowest BCUT2D eigenvalue weighted by Crippen LogP contribution is -2.03. The number of aryl methyl sites for hydroxylation is 1. The van der Waals surface area contributed by atoms with Crippen LogP contribution in [-0.2, 0) is 6.54 Å². The molecule has 2 N–H and O–H groups in total. The molecular formula is C16H23BrFN3. The Morgan fingerprint density at radius 2 is 1.95 bits per heavy atom. The van der Waals surface area contributed by atoms with Crippen LogP contribution in [0.3, 0.4) is 0 Å². The molecule has 0 aliphatic heterocycles. The number of fused-ring (bicyclic) bond motifs is 1. The zero-order valence-electron chi connectivity index (χ0n) is 12.7. The van der Waals surface area contributed by atoms with Gasteiger partial charge in [0.1, 0.15) is 5.82 Å². The van der Waals surface area contributed by atoms with Crippen LogP contribution in [0.1, 0.15) is 46.0 Å². The summed E-state index contributed by atoms with van der Waals surface area (Å²) in [6, 6.07) is 3.18. The van der Waals surface area contributed by atoms with Crippen molar-refractivity contribution in [3.05, 3.63) is 22.4 Å². The number of anilines is 1. The minimum absolute atomic E-state index is 0.305. The van der Waals surface area contributed by atoms with Gasteiger partial charge in [0.05, 0.1) is 15.5 Å². The lowest BCUT2D eigenvalue weighted by Gasteiger charge is -2.07. The van der Waals surface area contributed by atoms with E-state index in [1.165, 1.54) is 31.7 Å². The fourth-order valence-corrected chi connectivity index (χ4v) is 2.88. The third kappa shape index (κ3) is 4.19. The van der Waals surface area contributed by atoms with Gasteiger partial charge >= 0.3 is 0 Å². The summed E-state index contributed by atoms with van der Waals surface area (Å²) < 4.78 is 15.9. The number of nitrogen functional groups attached to an aromatic ring is 1.